The Labute approximate surface area is 119 Å². The van der Waals surface area contributed by atoms with E-state index in [0.29, 0.717) is 0 Å². The molecule has 2 N–H and O–H groups in total. The highest BCUT2D eigenvalue weighted by Gasteiger charge is 2.23. The summed E-state index contributed by atoms with van der Waals surface area (Å²) in [5.41, 5.74) is 1.73. The zero-order valence-electron chi connectivity index (χ0n) is 11.5. The van der Waals surface area contributed by atoms with Crippen LogP contribution in [-0.4, -0.2) is 26.1 Å². The number of benzene rings is 1. The number of carbonyl (C=O) groups excluding carboxylic acids is 1. The van der Waals surface area contributed by atoms with E-state index in [1.807, 2.05) is 31.2 Å². The SMILES string of the molecule is CC(=O)Nc1cccc(C(C)NC2C=CS(=O)(=O)C2)c1. The van der Waals surface area contributed by atoms with Crippen LogP contribution in [0.5, 0.6) is 0 Å². The van der Waals surface area contributed by atoms with E-state index in [1.165, 1.54) is 12.3 Å². The number of sulfone groups is 1. The molecule has 0 bridgehead atoms. The summed E-state index contributed by atoms with van der Waals surface area (Å²) in [5.74, 6) is -0.0181. The predicted molar refractivity (Wildman–Crippen MR) is 79.0 cm³/mol. The van der Waals surface area contributed by atoms with Gasteiger partial charge in [0, 0.05) is 30.1 Å². The first-order chi connectivity index (χ1) is 9.35. The van der Waals surface area contributed by atoms with Gasteiger partial charge in [0.05, 0.1) is 5.75 Å². The maximum atomic E-state index is 11.4. The van der Waals surface area contributed by atoms with Crippen LogP contribution in [-0.2, 0) is 14.6 Å². The third-order valence-electron chi connectivity index (χ3n) is 3.10. The van der Waals surface area contributed by atoms with Gasteiger partial charge in [0.15, 0.2) is 9.84 Å². The number of nitrogens with one attached hydrogen (secondary N) is 2. The number of rotatable bonds is 4. The Hall–Kier alpha value is -1.66. The first-order valence-electron chi connectivity index (χ1n) is 6.40. The highest BCUT2D eigenvalue weighted by Crippen LogP contribution is 2.19. The fourth-order valence-electron chi connectivity index (χ4n) is 2.19. The van der Waals surface area contributed by atoms with Crippen LogP contribution >= 0.6 is 0 Å². The first kappa shape index (κ1) is 14.7. The minimum atomic E-state index is -3.05. The smallest absolute Gasteiger partial charge is 0.221 e. The Morgan fingerprint density at radius 1 is 1.40 bits per heavy atom. The van der Waals surface area contributed by atoms with E-state index in [0.717, 1.165) is 11.3 Å². The summed E-state index contributed by atoms with van der Waals surface area (Å²) in [4.78, 5) is 11.0. The molecule has 1 aliphatic heterocycles. The van der Waals surface area contributed by atoms with E-state index >= 15 is 0 Å². The standard InChI is InChI=1S/C14H18N2O3S/c1-10(15-14-6-7-20(18,19)9-14)12-4-3-5-13(8-12)16-11(2)17/h3-8,10,14-15H,9H2,1-2H3,(H,16,17). The van der Waals surface area contributed by atoms with E-state index in [9.17, 15) is 13.2 Å². The zero-order chi connectivity index (χ0) is 14.8. The van der Waals surface area contributed by atoms with Crippen molar-refractivity contribution in [2.24, 2.45) is 0 Å². The van der Waals surface area contributed by atoms with Gasteiger partial charge in [-0.1, -0.05) is 18.2 Å². The summed E-state index contributed by atoms with van der Waals surface area (Å²) < 4.78 is 22.7. The Morgan fingerprint density at radius 3 is 2.75 bits per heavy atom. The van der Waals surface area contributed by atoms with E-state index in [2.05, 4.69) is 10.6 Å². The van der Waals surface area contributed by atoms with Crippen molar-refractivity contribution < 1.29 is 13.2 Å². The van der Waals surface area contributed by atoms with Crippen LogP contribution in [0, 0.1) is 0 Å². The zero-order valence-corrected chi connectivity index (χ0v) is 12.3. The molecule has 2 atom stereocenters. The van der Waals surface area contributed by atoms with Crippen LogP contribution in [0.4, 0.5) is 5.69 Å². The lowest BCUT2D eigenvalue weighted by atomic mass is 10.1. The molecular formula is C14H18N2O3S. The molecule has 0 aromatic heterocycles. The predicted octanol–water partition coefficient (Wildman–Crippen LogP) is 1.61. The summed E-state index contributed by atoms with van der Waals surface area (Å²) in [6.07, 6.45) is 1.67. The normalized spacial score (nSPS) is 21.6. The minimum absolute atomic E-state index is 0.00772. The number of amides is 1. The molecule has 1 heterocycles. The fourth-order valence-corrected chi connectivity index (χ4v) is 3.43. The molecule has 108 valence electrons. The molecule has 0 spiro atoms. The summed E-state index contributed by atoms with van der Waals surface area (Å²) in [6, 6.07) is 7.33. The van der Waals surface area contributed by atoms with Gasteiger partial charge in [-0.15, -0.1) is 0 Å². The molecule has 1 aromatic carbocycles. The molecule has 20 heavy (non-hydrogen) atoms. The van der Waals surface area contributed by atoms with Crippen molar-refractivity contribution in [3.8, 4) is 0 Å². The molecule has 5 nitrogen and oxygen atoms in total. The Balaban J connectivity index is 2.04. The summed E-state index contributed by atoms with van der Waals surface area (Å²) in [5, 5.41) is 7.24. The molecule has 6 heteroatoms. The number of carbonyl (C=O) groups is 1. The number of hydrogen-bond donors (Lipinski definition) is 2. The molecule has 0 aliphatic carbocycles. The molecular weight excluding hydrogens is 276 g/mol. The summed E-state index contributed by atoms with van der Waals surface area (Å²) in [7, 11) is -3.05. The van der Waals surface area contributed by atoms with E-state index in [1.54, 1.807) is 6.08 Å². The van der Waals surface area contributed by atoms with Crippen molar-refractivity contribution in [1.82, 2.24) is 5.32 Å². The van der Waals surface area contributed by atoms with Gasteiger partial charge in [0.1, 0.15) is 0 Å². The molecule has 2 rings (SSSR count). The minimum Gasteiger partial charge on any atom is -0.326 e. The maximum Gasteiger partial charge on any atom is 0.221 e. The van der Waals surface area contributed by atoms with Gasteiger partial charge in [-0.2, -0.15) is 0 Å². The van der Waals surface area contributed by atoms with E-state index in [4.69, 9.17) is 0 Å². The topological polar surface area (TPSA) is 75.3 Å². The second-order valence-electron chi connectivity index (χ2n) is 4.96. The van der Waals surface area contributed by atoms with Gasteiger partial charge in [0.2, 0.25) is 5.91 Å². The van der Waals surface area contributed by atoms with Crippen molar-refractivity contribution in [3.05, 3.63) is 41.3 Å². The first-order valence-corrected chi connectivity index (χ1v) is 8.12. The molecule has 0 radical (unpaired) electrons. The van der Waals surface area contributed by atoms with Crippen LogP contribution < -0.4 is 10.6 Å². The van der Waals surface area contributed by atoms with Crippen molar-refractivity contribution in [2.45, 2.75) is 25.9 Å². The van der Waals surface area contributed by atoms with E-state index < -0.39 is 9.84 Å². The molecule has 0 saturated carbocycles. The van der Waals surface area contributed by atoms with Crippen LogP contribution in [0.15, 0.2) is 35.7 Å². The largest absolute Gasteiger partial charge is 0.326 e. The van der Waals surface area contributed by atoms with Gasteiger partial charge in [-0.05, 0) is 24.6 Å². The Bertz CT molecular complexity index is 638. The number of anilines is 1. The molecule has 0 saturated heterocycles. The lowest BCUT2D eigenvalue weighted by molar-refractivity contribution is -0.114. The van der Waals surface area contributed by atoms with Crippen LogP contribution in [0.3, 0.4) is 0 Å². The van der Waals surface area contributed by atoms with Gasteiger partial charge >= 0.3 is 0 Å². The average molecular weight is 294 g/mol. The van der Waals surface area contributed by atoms with Gasteiger partial charge in [-0.3, -0.25) is 4.79 Å². The van der Waals surface area contributed by atoms with Gasteiger partial charge in [-0.25, -0.2) is 8.42 Å². The van der Waals surface area contributed by atoms with Crippen molar-refractivity contribution in [1.29, 1.82) is 0 Å². The van der Waals surface area contributed by atoms with Crippen molar-refractivity contribution in [3.63, 3.8) is 0 Å². The monoisotopic (exact) mass is 294 g/mol. The van der Waals surface area contributed by atoms with Gasteiger partial charge in [0.25, 0.3) is 0 Å². The highest BCUT2D eigenvalue weighted by atomic mass is 32.2. The Morgan fingerprint density at radius 2 is 2.15 bits per heavy atom. The van der Waals surface area contributed by atoms with Crippen LogP contribution in [0.2, 0.25) is 0 Å². The third kappa shape index (κ3) is 3.91. The lowest BCUT2D eigenvalue weighted by Crippen LogP contribution is -2.32. The molecule has 2 unspecified atom stereocenters. The van der Waals surface area contributed by atoms with Crippen LogP contribution in [0.25, 0.3) is 0 Å². The Kier molecular flexibility index (Phi) is 4.25. The summed E-state index contributed by atoms with van der Waals surface area (Å²) in [6.45, 7) is 3.42. The quantitative estimate of drug-likeness (QED) is 0.884. The third-order valence-corrected chi connectivity index (χ3v) is 4.50. The molecule has 0 fully saturated rings. The van der Waals surface area contributed by atoms with Crippen LogP contribution in [0.1, 0.15) is 25.5 Å². The molecule has 1 aliphatic rings. The van der Waals surface area contributed by atoms with E-state index in [-0.39, 0.29) is 23.7 Å². The molecule has 1 amide bonds. The maximum absolute atomic E-state index is 11.4. The second-order valence-corrected chi connectivity index (χ2v) is 6.89. The lowest BCUT2D eigenvalue weighted by Gasteiger charge is -2.18. The summed E-state index contributed by atoms with van der Waals surface area (Å²) >= 11 is 0. The average Bonchev–Trinajstić information content (AvgIpc) is 2.68. The highest BCUT2D eigenvalue weighted by molar-refractivity contribution is 7.94. The van der Waals surface area contributed by atoms with Crippen molar-refractivity contribution in [2.75, 3.05) is 11.1 Å². The van der Waals surface area contributed by atoms with Gasteiger partial charge < -0.3 is 10.6 Å². The second kappa shape index (κ2) is 5.76. The van der Waals surface area contributed by atoms with Crippen molar-refractivity contribution >= 4 is 21.4 Å². The molecule has 1 aromatic rings. The number of hydrogen-bond acceptors (Lipinski definition) is 4. The fraction of sp³-hybridized carbons (Fsp3) is 0.357.